The third-order valence-electron chi connectivity index (χ3n) is 4.59. The molecule has 0 bridgehead atoms. The number of nitrogens with zero attached hydrogens (tertiary/aromatic N) is 2. The SMILES string of the molecule is CCN1CCCC1CNC(=O)c1sc(-c2cccc(Cl)c2Cl)nc1C. The number of thiazole rings is 1. The van der Waals surface area contributed by atoms with Gasteiger partial charge in [-0.3, -0.25) is 9.69 Å². The molecule has 0 spiro atoms. The lowest BCUT2D eigenvalue weighted by molar-refractivity contribution is 0.0944. The predicted molar refractivity (Wildman–Crippen MR) is 105 cm³/mol. The van der Waals surface area contributed by atoms with E-state index in [0.29, 0.717) is 38.2 Å². The van der Waals surface area contributed by atoms with Gasteiger partial charge in [-0.2, -0.15) is 0 Å². The molecule has 1 aliphatic heterocycles. The molecule has 134 valence electrons. The lowest BCUT2D eigenvalue weighted by Gasteiger charge is -2.22. The van der Waals surface area contributed by atoms with Gasteiger partial charge in [-0.05, 0) is 38.9 Å². The maximum atomic E-state index is 12.6. The average molecular weight is 398 g/mol. The van der Waals surface area contributed by atoms with Crippen molar-refractivity contribution in [2.75, 3.05) is 19.6 Å². The second-order valence-corrected chi connectivity index (χ2v) is 7.95. The summed E-state index contributed by atoms with van der Waals surface area (Å²) in [7, 11) is 0. The van der Waals surface area contributed by atoms with Gasteiger partial charge < -0.3 is 5.32 Å². The number of carbonyl (C=O) groups is 1. The molecule has 1 saturated heterocycles. The first-order valence-electron chi connectivity index (χ1n) is 8.45. The molecule has 1 aromatic heterocycles. The van der Waals surface area contributed by atoms with Crippen LogP contribution in [0.2, 0.25) is 10.0 Å². The second-order valence-electron chi connectivity index (χ2n) is 6.17. The van der Waals surface area contributed by atoms with E-state index in [1.165, 1.54) is 17.8 Å². The molecule has 1 atom stereocenters. The molecule has 1 aliphatic rings. The van der Waals surface area contributed by atoms with Crippen LogP contribution >= 0.6 is 34.5 Å². The van der Waals surface area contributed by atoms with Crippen molar-refractivity contribution in [3.05, 3.63) is 38.8 Å². The monoisotopic (exact) mass is 397 g/mol. The Kier molecular flexibility index (Phi) is 6.00. The zero-order valence-corrected chi connectivity index (χ0v) is 16.6. The van der Waals surface area contributed by atoms with E-state index >= 15 is 0 Å². The molecule has 1 aromatic carbocycles. The second kappa shape index (κ2) is 8.04. The van der Waals surface area contributed by atoms with Crippen molar-refractivity contribution in [3.8, 4) is 10.6 Å². The predicted octanol–water partition coefficient (Wildman–Crippen LogP) is 4.64. The van der Waals surface area contributed by atoms with Gasteiger partial charge in [0.15, 0.2) is 0 Å². The van der Waals surface area contributed by atoms with Crippen LogP contribution in [-0.4, -0.2) is 41.5 Å². The van der Waals surface area contributed by atoms with E-state index in [2.05, 4.69) is 22.1 Å². The third-order valence-corrected chi connectivity index (χ3v) is 6.60. The molecule has 4 nitrogen and oxygen atoms in total. The largest absolute Gasteiger partial charge is 0.350 e. The molecule has 0 saturated carbocycles. The van der Waals surface area contributed by atoms with Gasteiger partial charge in [-0.15, -0.1) is 11.3 Å². The minimum atomic E-state index is -0.0673. The van der Waals surface area contributed by atoms with E-state index in [1.807, 2.05) is 19.1 Å². The number of carbonyl (C=O) groups excluding carboxylic acids is 1. The molecular weight excluding hydrogens is 377 g/mol. The highest BCUT2D eigenvalue weighted by molar-refractivity contribution is 7.17. The number of likely N-dealkylation sites (tertiary alicyclic amines) is 1. The maximum absolute atomic E-state index is 12.6. The zero-order chi connectivity index (χ0) is 18.0. The van der Waals surface area contributed by atoms with Crippen molar-refractivity contribution < 1.29 is 4.79 Å². The van der Waals surface area contributed by atoms with Crippen molar-refractivity contribution >= 4 is 40.4 Å². The molecule has 2 heterocycles. The summed E-state index contributed by atoms with van der Waals surface area (Å²) >= 11 is 13.7. The molecule has 1 amide bonds. The molecule has 1 unspecified atom stereocenters. The van der Waals surface area contributed by atoms with Crippen LogP contribution in [0.5, 0.6) is 0 Å². The van der Waals surface area contributed by atoms with Crippen LogP contribution in [0.1, 0.15) is 35.1 Å². The first-order valence-corrected chi connectivity index (χ1v) is 10.0. The number of aryl methyl sites for hydroxylation is 1. The summed E-state index contributed by atoms with van der Waals surface area (Å²) in [4.78, 5) is 20.2. The molecule has 3 rings (SSSR count). The van der Waals surface area contributed by atoms with Gasteiger partial charge in [0.05, 0.1) is 15.7 Å². The highest BCUT2D eigenvalue weighted by atomic mass is 35.5. The normalized spacial score (nSPS) is 17.8. The topological polar surface area (TPSA) is 45.2 Å². The first-order chi connectivity index (χ1) is 12.0. The van der Waals surface area contributed by atoms with E-state index in [0.717, 1.165) is 25.1 Å². The molecule has 7 heteroatoms. The average Bonchev–Trinajstić information content (AvgIpc) is 3.21. The van der Waals surface area contributed by atoms with E-state index < -0.39 is 0 Å². The number of rotatable bonds is 5. The molecule has 0 aliphatic carbocycles. The van der Waals surface area contributed by atoms with Crippen LogP contribution in [0.25, 0.3) is 10.6 Å². The molecule has 0 radical (unpaired) electrons. The van der Waals surface area contributed by atoms with Crippen LogP contribution in [0, 0.1) is 6.92 Å². The Balaban J connectivity index is 1.74. The number of benzene rings is 1. The van der Waals surface area contributed by atoms with E-state index in [9.17, 15) is 4.79 Å². The van der Waals surface area contributed by atoms with Crippen molar-refractivity contribution in [2.24, 2.45) is 0 Å². The van der Waals surface area contributed by atoms with Gasteiger partial charge in [-0.1, -0.05) is 42.3 Å². The van der Waals surface area contributed by atoms with Crippen molar-refractivity contribution in [1.29, 1.82) is 0 Å². The summed E-state index contributed by atoms with van der Waals surface area (Å²) in [6, 6.07) is 5.87. The van der Waals surface area contributed by atoms with Crippen molar-refractivity contribution in [1.82, 2.24) is 15.2 Å². The quantitative estimate of drug-likeness (QED) is 0.798. The summed E-state index contributed by atoms with van der Waals surface area (Å²) < 4.78 is 0. The van der Waals surface area contributed by atoms with E-state index in [-0.39, 0.29) is 5.91 Å². The van der Waals surface area contributed by atoms with E-state index in [1.54, 1.807) is 6.07 Å². The smallest absolute Gasteiger partial charge is 0.263 e. The number of nitrogens with one attached hydrogen (secondary N) is 1. The highest BCUT2D eigenvalue weighted by Gasteiger charge is 2.24. The number of amides is 1. The number of halogens is 2. The van der Waals surface area contributed by atoms with E-state index in [4.69, 9.17) is 23.2 Å². The van der Waals surface area contributed by atoms with Crippen LogP contribution < -0.4 is 5.32 Å². The highest BCUT2D eigenvalue weighted by Crippen LogP contribution is 2.36. The van der Waals surface area contributed by atoms with Crippen LogP contribution in [-0.2, 0) is 0 Å². The van der Waals surface area contributed by atoms with Crippen LogP contribution in [0.4, 0.5) is 0 Å². The van der Waals surface area contributed by atoms with Crippen LogP contribution in [0.3, 0.4) is 0 Å². The van der Waals surface area contributed by atoms with Gasteiger partial charge in [0.2, 0.25) is 0 Å². The van der Waals surface area contributed by atoms with Gasteiger partial charge in [-0.25, -0.2) is 4.98 Å². The lowest BCUT2D eigenvalue weighted by Crippen LogP contribution is -2.39. The number of aromatic nitrogens is 1. The molecular formula is C18H21Cl2N3OS. The Morgan fingerprint density at radius 2 is 2.24 bits per heavy atom. The Hall–Kier alpha value is -1.14. The lowest BCUT2D eigenvalue weighted by atomic mass is 10.2. The summed E-state index contributed by atoms with van der Waals surface area (Å²) in [6.45, 7) is 6.83. The molecule has 1 N–H and O–H groups in total. The minimum Gasteiger partial charge on any atom is -0.350 e. The van der Waals surface area contributed by atoms with Crippen LogP contribution in [0.15, 0.2) is 18.2 Å². The first kappa shape index (κ1) is 18.6. The van der Waals surface area contributed by atoms with Crippen molar-refractivity contribution in [2.45, 2.75) is 32.7 Å². The van der Waals surface area contributed by atoms with Crippen molar-refractivity contribution in [3.63, 3.8) is 0 Å². The number of hydrogen-bond acceptors (Lipinski definition) is 4. The maximum Gasteiger partial charge on any atom is 0.263 e. The summed E-state index contributed by atoms with van der Waals surface area (Å²) in [5.74, 6) is -0.0673. The summed E-state index contributed by atoms with van der Waals surface area (Å²) in [5, 5.41) is 4.73. The standard InChI is InChI=1S/C18H21Cl2N3OS/c1-3-23-9-5-6-12(23)10-21-17(24)16-11(2)22-18(25-16)13-7-4-8-14(19)15(13)20/h4,7-8,12H,3,5-6,9-10H2,1-2H3,(H,21,24). The van der Waals surface area contributed by atoms with Gasteiger partial charge in [0, 0.05) is 18.2 Å². The van der Waals surface area contributed by atoms with Gasteiger partial charge >= 0.3 is 0 Å². The van der Waals surface area contributed by atoms with Gasteiger partial charge in [0.25, 0.3) is 5.91 Å². The summed E-state index contributed by atoms with van der Waals surface area (Å²) in [6.07, 6.45) is 2.34. The Morgan fingerprint density at radius 3 is 3.00 bits per heavy atom. The zero-order valence-electron chi connectivity index (χ0n) is 14.3. The molecule has 1 fully saturated rings. The fourth-order valence-corrected chi connectivity index (χ4v) is 4.68. The Bertz CT molecular complexity index is 778. The Labute approximate surface area is 162 Å². The fourth-order valence-electron chi connectivity index (χ4n) is 3.22. The fraction of sp³-hybridized carbons (Fsp3) is 0.444. The summed E-state index contributed by atoms with van der Waals surface area (Å²) in [5.41, 5.74) is 1.47. The van der Waals surface area contributed by atoms with Gasteiger partial charge in [0.1, 0.15) is 9.88 Å². The number of hydrogen-bond donors (Lipinski definition) is 1. The number of likely N-dealkylation sites (N-methyl/N-ethyl adjacent to an activating group) is 1. The minimum absolute atomic E-state index is 0.0673. The molecule has 2 aromatic rings. The molecule has 25 heavy (non-hydrogen) atoms. The third kappa shape index (κ3) is 4.00. The Morgan fingerprint density at radius 1 is 1.44 bits per heavy atom.